The molecule has 6 heteroatoms. The number of benzene rings is 1. The van der Waals surface area contributed by atoms with E-state index in [4.69, 9.17) is 0 Å². The number of aryl methyl sites for hydroxylation is 1. The first-order chi connectivity index (χ1) is 12.6. The Bertz CT molecular complexity index is 906. The molecule has 1 aliphatic rings. The van der Waals surface area contributed by atoms with E-state index in [0.29, 0.717) is 22.8 Å². The molecule has 4 rings (SSSR count). The smallest absolute Gasteiger partial charge is 0.257 e. The summed E-state index contributed by atoms with van der Waals surface area (Å²) in [4.78, 5) is 13.0. The Morgan fingerprint density at radius 2 is 1.81 bits per heavy atom. The molecule has 134 valence electrons. The van der Waals surface area contributed by atoms with Gasteiger partial charge in [-0.15, -0.1) is 0 Å². The number of carbonyl (C=O) groups excluding carboxylic acids is 1. The molecule has 0 saturated heterocycles. The van der Waals surface area contributed by atoms with Gasteiger partial charge in [0.15, 0.2) is 5.82 Å². The molecular weight excluding hydrogens is 331 g/mol. The van der Waals surface area contributed by atoms with E-state index < -0.39 is 0 Å². The van der Waals surface area contributed by atoms with Crippen LogP contribution < -0.4 is 5.32 Å². The van der Waals surface area contributed by atoms with Gasteiger partial charge in [0, 0.05) is 18.4 Å². The highest BCUT2D eigenvalue weighted by atomic mass is 19.1. The zero-order valence-electron chi connectivity index (χ0n) is 14.7. The van der Waals surface area contributed by atoms with E-state index in [1.54, 1.807) is 16.8 Å². The van der Waals surface area contributed by atoms with Gasteiger partial charge < -0.3 is 9.88 Å². The molecule has 26 heavy (non-hydrogen) atoms. The highest BCUT2D eigenvalue weighted by molar-refractivity contribution is 5.98. The Hall–Kier alpha value is -2.89. The predicted octanol–water partition coefficient (Wildman–Crippen LogP) is 3.78. The summed E-state index contributed by atoms with van der Waals surface area (Å²) in [5.41, 5.74) is 1.91. The van der Waals surface area contributed by atoms with Crippen LogP contribution in [0.1, 0.15) is 41.7 Å². The van der Waals surface area contributed by atoms with Gasteiger partial charge in [-0.05, 0) is 56.2 Å². The molecule has 5 nitrogen and oxygen atoms in total. The van der Waals surface area contributed by atoms with Crippen molar-refractivity contribution in [3.63, 3.8) is 0 Å². The molecule has 0 atom stereocenters. The number of hydrogen-bond acceptors (Lipinski definition) is 2. The maximum Gasteiger partial charge on any atom is 0.257 e. The van der Waals surface area contributed by atoms with Gasteiger partial charge in [0.05, 0.1) is 11.4 Å². The fourth-order valence-electron chi connectivity index (χ4n) is 3.59. The summed E-state index contributed by atoms with van der Waals surface area (Å²) in [6.07, 6.45) is 8.11. The maximum atomic E-state index is 13.3. The summed E-state index contributed by atoms with van der Waals surface area (Å²) in [5, 5.41) is 7.72. The van der Waals surface area contributed by atoms with Crippen LogP contribution in [0.2, 0.25) is 0 Å². The highest BCUT2D eigenvalue weighted by Gasteiger charge is 2.26. The van der Waals surface area contributed by atoms with E-state index >= 15 is 0 Å². The summed E-state index contributed by atoms with van der Waals surface area (Å²) in [6.45, 7) is 1.83. The minimum absolute atomic E-state index is 0.105. The van der Waals surface area contributed by atoms with Crippen molar-refractivity contribution >= 4 is 5.91 Å². The third-order valence-electron chi connectivity index (χ3n) is 4.87. The first kappa shape index (κ1) is 16.6. The maximum absolute atomic E-state index is 13.3. The molecule has 1 fully saturated rings. The third kappa shape index (κ3) is 3.03. The second-order valence-corrected chi connectivity index (χ2v) is 6.72. The van der Waals surface area contributed by atoms with Crippen LogP contribution in [0.3, 0.4) is 0 Å². The monoisotopic (exact) mass is 352 g/mol. The molecule has 1 saturated carbocycles. The van der Waals surface area contributed by atoms with Crippen molar-refractivity contribution in [1.29, 1.82) is 0 Å². The van der Waals surface area contributed by atoms with E-state index in [0.717, 1.165) is 25.7 Å². The average molecular weight is 352 g/mol. The van der Waals surface area contributed by atoms with Crippen LogP contribution in [0.15, 0.2) is 48.8 Å². The van der Waals surface area contributed by atoms with Gasteiger partial charge in [0.2, 0.25) is 0 Å². The van der Waals surface area contributed by atoms with E-state index in [2.05, 4.69) is 10.4 Å². The summed E-state index contributed by atoms with van der Waals surface area (Å²) in [7, 11) is 0. The summed E-state index contributed by atoms with van der Waals surface area (Å²) in [5.74, 6) is 0.250. The number of nitrogens with one attached hydrogen (secondary N) is 1. The van der Waals surface area contributed by atoms with E-state index in [1.807, 2.05) is 36.0 Å². The molecule has 0 aliphatic heterocycles. The number of hydrogen-bond donors (Lipinski definition) is 1. The molecule has 1 aromatic carbocycles. The van der Waals surface area contributed by atoms with Gasteiger partial charge in [0.25, 0.3) is 5.91 Å². The predicted molar refractivity (Wildman–Crippen MR) is 97.3 cm³/mol. The third-order valence-corrected chi connectivity index (χ3v) is 4.87. The normalized spacial score (nSPS) is 14.7. The molecule has 1 amide bonds. The van der Waals surface area contributed by atoms with E-state index in [1.165, 1.54) is 12.1 Å². The number of amides is 1. The molecule has 3 aromatic rings. The summed E-state index contributed by atoms with van der Waals surface area (Å²) < 4.78 is 16.9. The van der Waals surface area contributed by atoms with Crippen molar-refractivity contribution in [2.75, 3.05) is 0 Å². The van der Waals surface area contributed by atoms with Gasteiger partial charge in [-0.2, -0.15) is 5.10 Å². The molecule has 0 unspecified atom stereocenters. The van der Waals surface area contributed by atoms with Crippen molar-refractivity contribution in [1.82, 2.24) is 19.7 Å². The van der Waals surface area contributed by atoms with E-state index in [9.17, 15) is 9.18 Å². The van der Waals surface area contributed by atoms with Crippen LogP contribution in [0, 0.1) is 12.7 Å². The lowest BCUT2D eigenvalue weighted by Crippen LogP contribution is -2.33. The Morgan fingerprint density at radius 1 is 1.15 bits per heavy atom. The van der Waals surface area contributed by atoms with Crippen LogP contribution in [-0.4, -0.2) is 26.3 Å². The molecule has 0 spiro atoms. The van der Waals surface area contributed by atoms with Crippen molar-refractivity contribution in [3.8, 4) is 11.5 Å². The van der Waals surface area contributed by atoms with Crippen LogP contribution in [0.4, 0.5) is 4.39 Å². The second-order valence-electron chi connectivity index (χ2n) is 6.72. The molecule has 1 N–H and O–H groups in total. The SMILES string of the molecule is Cc1nn(-c2ccc(F)cc2)c(-n2cccc2)c1C(=O)NC1CCCC1. The largest absolute Gasteiger partial charge is 0.349 e. The van der Waals surface area contributed by atoms with E-state index in [-0.39, 0.29) is 17.8 Å². The standard InChI is InChI=1S/C20H21FN4O/c1-14-18(19(26)22-16-6-2-3-7-16)20(24-12-4-5-13-24)25(23-14)17-10-8-15(21)9-11-17/h4-5,8-13,16H,2-3,6-7H2,1H3,(H,22,26). The van der Waals surface area contributed by atoms with Gasteiger partial charge in [-0.1, -0.05) is 12.8 Å². The van der Waals surface area contributed by atoms with Crippen LogP contribution in [-0.2, 0) is 0 Å². The van der Waals surface area contributed by atoms with Crippen LogP contribution in [0.5, 0.6) is 0 Å². The number of halogens is 1. The lowest BCUT2D eigenvalue weighted by molar-refractivity contribution is 0.0937. The van der Waals surface area contributed by atoms with Gasteiger partial charge >= 0.3 is 0 Å². The van der Waals surface area contributed by atoms with Gasteiger partial charge in [-0.3, -0.25) is 4.79 Å². The molecule has 1 aliphatic carbocycles. The quantitative estimate of drug-likeness (QED) is 0.777. The lowest BCUT2D eigenvalue weighted by Gasteiger charge is -2.14. The minimum atomic E-state index is -0.306. The topological polar surface area (TPSA) is 51.9 Å². The zero-order chi connectivity index (χ0) is 18.1. The fourth-order valence-corrected chi connectivity index (χ4v) is 3.59. The first-order valence-electron chi connectivity index (χ1n) is 8.93. The minimum Gasteiger partial charge on any atom is -0.349 e. The Balaban J connectivity index is 1.80. The molecular formula is C20H21FN4O. The van der Waals surface area contributed by atoms with Crippen molar-refractivity contribution in [2.24, 2.45) is 0 Å². The van der Waals surface area contributed by atoms with Crippen molar-refractivity contribution in [3.05, 3.63) is 65.9 Å². The van der Waals surface area contributed by atoms with Crippen molar-refractivity contribution < 1.29 is 9.18 Å². The first-order valence-corrected chi connectivity index (χ1v) is 8.93. The fraction of sp³-hybridized carbons (Fsp3) is 0.300. The summed E-state index contributed by atoms with van der Waals surface area (Å²) in [6, 6.07) is 10.1. The summed E-state index contributed by atoms with van der Waals surface area (Å²) >= 11 is 0. The average Bonchev–Trinajstić information content (AvgIpc) is 3.35. The molecule has 0 bridgehead atoms. The highest BCUT2D eigenvalue weighted by Crippen LogP contribution is 2.25. The molecule has 2 aromatic heterocycles. The van der Waals surface area contributed by atoms with Crippen LogP contribution >= 0.6 is 0 Å². The number of nitrogens with zero attached hydrogens (tertiary/aromatic N) is 3. The van der Waals surface area contributed by atoms with Gasteiger partial charge in [-0.25, -0.2) is 9.07 Å². The zero-order valence-corrected chi connectivity index (χ0v) is 14.7. The second kappa shape index (κ2) is 6.78. The number of aromatic nitrogens is 3. The lowest BCUT2D eigenvalue weighted by atomic mass is 10.2. The molecule has 0 radical (unpaired) electrons. The number of rotatable bonds is 4. The van der Waals surface area contributed by atoms with Crippen molar-refractivity contribution in [2.45, 2.75) is 38.6 Å². The Morgan fingerprint density at radius 3 is 2.46 bits per heavy atom. The Labute approximate surface area is 151 Å². The Kier molecular flexibility index (Phi) is 4.32. The van der Waals surface area contributed by atoms with Crippen LogP contribution in [0.25, 0.3) is 11.5 Å². The number of carbonyl (C=O) groups is 1. The van der Waals surface area contributed by atoms with Gasteiger partial charge in [0.1, 0.15) is 11.4 Å². The molecule has 2 heterocycles.